The Morgan fingerprint density at radius 1 is 1.00 bits per heavy atom. The number of nitriles is 1. The van der Waals surface area contributed by atoms with E-state index in [0.717, 1.165) is 5.56 Å². The molecule has 0 aliphatic rings. The van der Waals surface area contributed by atoms with Crippen LogP contribution in [0.3, 0.4) is 0 Å². The molecule has 0 amide bonds. The molecule has 0 fully saturated rings. The standard InChI is InChI=1S/C18H14N4O2/c1-11(13-4-2-12(10-19)3-5-13)21-15-16(18(24)17(15)23)22-14-6-8-20-9-7-14/h2-9,11,21H,1H3,(H,20,22). The lowest BCUT2D eigenvalue weighted by Crippen LogP contribution is -2.37. The Morgan fingerprint density at radius 2 is 1.62 bits per heavy atom. The number of rotatable bonds is 5. The minimum atomic E-state index is -0.540. The molecule has 1 atom stereocenters. The molecule has 0 aliphatic carbocycles. The molecule has 6 heteroatoms. The molecule has 6 nitrogen and oxygen atoms in total. The average Bonchev–Trinajstić information content (AvgIpc) is 2.65. The zero-order valence-electron chi connectivity index (χ0n) is 12.9. The minimum absolute atomic E-state index is 0.181. The lowest BCUT2D eigenvalue weighted by atomic mass is 10.0. The SMILES string of the molecule is CC(Nc1c(Nc2ccncc2)c(=O)c1=O)c1ccc(C#N)cc1. The zero-order valence-corrected chi connectivity index (χ0v) is 12.9. The monoisotopic (exact) mass is 318 g/mol. The fourth-order valence-corrected chi connectivity index (χ4v) is 2.37. The van der Waals surface area contributed by atoms with Gasteiger partial charge in [-0.05, 0) is 36.8 Å². The molecule has 1 heterocycles. The second-order valence-corrected chi connectivity index (χ2v) is 5.37. The largest absolute Gasteiger partial charge is 0.373 e. The van der Waals surface area contributed by atoms with Crippen molar-refractivity contribution in [2.24, 2.45) is 0 Å². The summed E-state index contributed by atoms with van der Waals surface area (Å²) in [5, 5.41) is 14.8. The maximum Gasteiger partial charge on any atom is 0.253 e. The van der Waals surface area contributed by atoms with Crippen LogP contribution in [0.4, 0.5) is 17.1 Å². The first-order valence-corrected chi connectivity index (χ1v) is 7.37. The van der Waals surface area contributed by atoms with E-state index in [0.29, 0.717) is 11.3 Å². The van der Waals surface area contributed by atoms with Gasteiger partial charge in [0.2, 0.25) is 0 Å². The molecule has 0 spiro atoms. The van der Waals surface area contributed by atoms with Gasteiger partial charge in [0.05, 0.1) is 11.6 Å². The molecule has 2 N–H and O–H groups in total. The van der Waals surface area contributed by atoms with Crippen LogP contribution >= 0.6 is 0 Å². The molecule has 1 aromatic heterocycles. The van der Waals surface area contributed by atoms with Crippen LogP contribution in [0.1, 0.15) is 24.1 Å². The Kier molecular flexibility index (Phi) is 4.08. The summed E-state index contributed by atoms with van der Waals surface area (Å²) in [6.45, 7) is 1.88. The molecule has 24 heavy (non-hydrogen) atoms. The van der Waals surface area contributed by atoms with Crippen molar-refractivity contribution >= 4 is 17.1 Å². The van der Waals surface area contributed by atoms with Crippen LogP contribution in [0, 0.1) is 11.3 Å². The van der Waals surface area contributed by atoms with E-state index < -0.39 is 10.9 Å². The Morgan fingerprint density at radius 3 is 2.25 bits per heavy atom. The highest BCUT2D eigenvalue weighted by atomic mass is 16.2. The smallest absolute Gasteiger partial charge is 0.253 e. The highest BCUT2D eigenvalue weighted by molar-refractivity contribution is 5.78. The normalized spacial score (nSPS) is 11.7. The van der Waals surface area contributed by atoms with E-state index >= 15 is 0 Å². The number of nitrogens with zero attached hydrogens (tertiary/aromatic N) is 2. The van der Waals surface area contributed by atoms with Crippen LogP contribution in [0.2, 0.25) is 0 Å². The van der Waals surface area contributed by atoms with Crippen LogP contribution < -0.4 is 21.5 Å². The molecular formula is C18H14N4O2. The van der Waals surface area contributed by atoms with E-state index in [1.807, 2.05) is 19.1 Å². The third kappa shape index (κ3) is 2.88. The first-order chi connectivity index (χ1) is 11.6. The summed E-state index contributed by atoms with van der Waals surface area (Å²) in [6, 6.07) is 12.4. The summed E-state index contributed by atoms with van der Waals surface area (Å²) in [5.74, 6) is 0. The van der Waals surface area contributed by atoms with Crippen molar-refractivity contribution in [3.63, 3.8) is 0 Å². The maximum absolute atomic E-state index is 11.9. The molecule has 118 valence electrons. The predicted molar refractivity (Wildman–Crippen MR) is 92.1 cm³/mol. The van der Waals surface area contributed by atoms with Gasteiger partial charge in [0.15, 0.2) is 0 Å². The van der Waals surface area contributed by atoms with Gasteiger partial charge in [-0.15, -0.1) is 0 Å². The second kappa shape index (κ2) is 6.34. The van der Waals surface area contributed by atoms with Crippen molar-refractivity contribution in [2.75, 3.05) is 10.6 Å². The summed E-state index contributed by atoms with van der Waals surface area (Å²) >= 11 is 0. The van der Waals surface area contributed by atoms with Crippen molar-refractivity contribution in [3.05, 3.63) is 80.4 Å². The number of aromatic nitrogens is 1. The fraction of sp³-hybridized carbons (Fsp3) is 0.111. The third-order valence-corrected chi connectivity index (χ3v) is 3.76. The van der Waals surface area contributed by atoms with Gasteiger partial charge in [0.25, 0.3) is 10.9 Å². The molecule has 3 aromatic rings. The van der Waals surface area contributed by atoms with Crippen LogP contribution in [-0.4, -0.2) is 4.98 Å². The van der Waals surface area contributed by atoms with Gasteiger partial charge >= 0.3 is 0 Å². The summed E-state index contributed by atoms with van der Waals surface area (Å²) in [5.41, 5.74) is 1.62. The van der Waals surface area contributed by atoms with Crippen LogP contribution in [0.5, 0.6) is 0 Å². The molecule has 0 saturated heterocycles. The van der Waals surface area contributed by atoms with E-state index in [9.17, 15) is 9.59 Å². The first-order valence-electron chi connectivity index (χ1n) is 7.37. The van der Waals surface area contributed by atoms with Gasteiger partial charge in [0.1, 0.15) is 11.4 Å². The number of nitrogens with one attached hydrogen (secondary N) is 2. The Labute approximate surface area is 138 Å². The number of hydrogen-bond acceptors (Lipinski definition) is 6. The lowest BCUT2D eigenvalue weighted by molar-refractivity contribution is 0.879. The van der Waals surface area contributed by atoms with Crippen LogP contribution in [0.15, 0.2) is 58.4 Å². The van der Waals surface area contributed by atoms with Gasteiger partial charge in [-0.2, -0.15) is 5.26 Å². The summed E-state index contributed by atoms with van der Waals surface area (Å²) < 4.78 is 0. The van der Waals surface area contributed by atoms with Crippen LogP contribution in [0.25, 0.3) is 0 Å². The summed E-state index contributed by atoms with van der Waals surface area (Å²) in [7, 11) is 0. The quantitative estimate of drug-likeness (QED) is 0.702. The Bertz CT molecular complexity index is 965. The number of hydrogen-bond donors (Lipinski definition) is 2. The van der Waals surface area contributed by atoms with Gasteiger partial charge in [-0.1, -0.05) is 12.1 Å². The van der Waals surface area contributed by atoms with E-state index in [1.165, 1.54) is 0 Å². The number of benzene rings is 1. The Hall–Kier alpha value is -3.46. The van der Waals surface area contributed by atoms with Gasteiger partial charge in [-0.25, -0.2) is 0 Å². The van der Waals surface area contributed by atoms with E-state index in [2.05, 4.69) is 21.7 Å². The van der Waals surface area contributed by atoms with Crippen molar-refractivity contribution < 1.29 is 0 Å². The Balaban J connectivity index is 1.80. The van der Waals surface area contributed by atoms with Gasteiger partial charge < -0.3 is 10.6 Å². The molecule has 0 saturated carbocycles. The minimum Gasteiger partial charge on any atom is -0.373 e. The van der Waals surface area contributed by atoms with E-state index in [-0.39, 0.29) is 17.4 Å². The van der Waals surface area contributed by atoms with Gasteiger partial charge in [-0.3, -0.25) is 14.6 Å². The van der Waals surface area contributed by atoms with Crippen LogP contribution in [-0.2, 0) is 0 Å². The highest BCUT2D eigenvalue weighted by Crippen LogP contribution is 2.25. The number of anilines is 3. The fourth-order valence-electron chi connectivity index (χ4n) is 2.37. The first kappa shape index (κ1) is 15.4. The summed E-state index contributed by atoms with van der Waals surface area (Å²) in [4.78, 5) is 27.6. The maximum atomic E-state index is 11.9. The van der Waals surface area contributed by atoms with E-state index in [4.69, 9.17) is 5.26 Å². The van der Waals surface area contributed by atoms with Crippen molar-refractivity contribution in [1.82, 2.24) is 4.98 Å². The summed E-state index contributed by atoms with van der Waals surface area (Å²) in [6.07, 6.45) is 3.20. The van der Waals surface area contributed by atoms with E-state index in [1.54, 1.807) is 36.7 Å². The molecular weight excluding hydrogens is 304 g/mol. The van der Waals surface area contributed by atoms with Gasteiger partial charge in [0, 0.05) is 24.1 Å². The molecule has 2 aromatic carbocycles. The van der Waals surface area contributed by atoms with Crippen molar-refractivity contribution in [2.45, 2.75) is 13.0 Å². The predicted octanol–water partition coefficient (Wildman–Crippen LogP) is 2.47. The molecule has 0 aliphatic heterocycles. The second-order valence-electron chi connectivity index (χ2n) is 5.37. The average molecular weight is 318 g/mol. The lowest BCUT2D eigenvalue weighted by Gasteiger charge is -2.20. The van der Waals surface area contributed by atoms with Crippen molar-refractivity contribution in [1.29, 1.82) is 5.26 Å². The zero-order chi connectivity index (χ0) is 17.1. The molecule has 0 radical (unpaired) electrons. The third-order valence-electron chi connectivity index (χ3n) is 3.76. The molecule has 3 rings (SSSR count). The van der Waals surface area contributed by atoms with Crippen molar-refractivity contribution in [3.8, 4) is 6.07 Å². The highest BCUT2D eigenvalue weighted by Gasteiger charge is 2.22. The molecule has 1 unspecified atom stereocenters. The molecule has 0 bridgehead atoms. The topological polar surface area (TPSA) is 94.9 Å². The number of pyridine rings is 1.